The molecule has 7 rings (SSSR count). The molecule has 4 amide bonds. The Morgan fingerprint density at radius 1 is 0.615 bits per heavy atom. The van der Waals surface area contributed by atoms with E-state index in [0.29, 0.717) is 21.4 Å². The summed E-state index contributed by atoms with van der Waals surface area (Å²) in [5.74, 6) is -3.82. The van der Waals surface area contributed by atoms with Gasteiger partial charge in [-0.05, 0) is 72.8 Å². The zero-order valence-electron chi connectivity index (χ0n) is 25.8. The van der Waals surface area contributed by atoms with Crippen molar-refractivity contribution in [2.75, 3.05) is 21.3 Å². The lowest BCUT2D eigenvalue weighted by Crippen LogP contribution is -2.33. The van der Waals surface area contributed by atoms with Gasteiger partial charge in [0.25, 0.3) is 34.6 Å². The number of aromatic hydroxyl groups is 1. The second kappa shape index (κ2) is 13.6. The third-order valence-corrected chi connectivity index (χ3v) is 7.73. The lowest BCUT2D eigenvalue weighted by Gasteiger charge is -2.14. The van der Waals surface area contributed by atoms with E-state index >= 15 is 0 Å². The van der Waals surface area contributed by atoms with Gasteiger partial charge in [-0.3, -0.25) is 35.0 Å². The molecule has 260 valence electrons. The molecule has 0 fully saturated rings. The van der Waals surface area contributed by atoms with Gasteiger partial charge in [0, 0.05) is 27.0 Å². The van der Waals surface area contributed by atoms with Crippen molar-refractivity contribution in [1.82, 2.24) is 49.6 Å². The maximum Gasteiger partial charge on any atom is 0.326 e. The summed E-state index contributed by atoms with van der Waals surface area (Å²) in [6, 6.07) is 16.0. The van der Waals surface area contributed by atoms with Crippen molar-refractivity contribution in [3.05, 3.63) is 121 Å². The van der Waals surface area contributed by atoms with Gasteiger partial charge in [0.05, 0.1) is 0 Å². The summed E-state index contributed by atoms with van der Waals surface area (Å²) < 4.78 is 1.88. The fourth-order valence-corrected chi connectivity index (χ4v) is 5.09. The van der Waals surface area contributed by atoms with Crippen molar-refractivity contribution < 1.29 is 19.5 Å². The highest BCUT2D eigenvalue weighted by Gasteiger charge is 2.34. The van der Waals surface area contributed by atoms with Crippen LogP contribution >= 0.6 is 23.2 Å². The third-order valence-electron chi connectivity index (χ3n) is 7.23. The number of carbonyl (C=O) groups excluding carboxylic acids is 3. The Morgan fingerprint density at radius 3 is 1.46 bits per heavy atom. The second-order valence-electron chi connectivity index (χ2n) is 10.7. The van der Waals surface area contributed by atoms with Crippen LogP contribution in [0.3, 0.4) is 0 Å². The molecule has 20 nitrogen and oxygen atoms in total. The highest BCUT2D eigenvalue weighted by Crippen LogP contribution is 2.24. The number of hydrogen-bond donors (Lipinski definition) is 7. The second-order valence-corrected chi connectivity index (χ2v) is 11.6. The molecule has 0 atom stereocenters. The number of halogens is 2. The molecule has 3 aromatic carbocycles. The molecule has 7 aromatic rings. The van der Waals surface area contributed by atoms with Gasteiger partial charge in [0.1, 0.15) is 23.1 Å². The standard InChI is InChI=1S/C30H20Cl2N14O6/c31-14-3-7-16(8-4-14)33-29(51)37-27-41-39-25-35-23(49)20(43-45(25)27)19(22(48)13-1-11-18(47)12-2-13)21-24(50)36-26-40-42-28(46(26)44-21)38-30(52)34-17-9-5-15(32)6-10-17/h1-12,19,47H,(H,35,39,49)(H,36,40,50)(H2,33,37,41,51)(H2,34,38,42,52). The van der Waals surface area contributed by atoms with E-state index < -0.39 is 46.3 Å². The Labute approximate surface area is 297 Å². The van der Waals surface area contributed by atoms with Crippen LogP contribution in [0.25, 0.3) is 11.6 Å². The van der Waals surface area contributed by atoms with Crippen LogP contribution in [0.4, 0.5) is 32.9 Å². The molecule has 4 aromatic heterocycles. The molecule has 7 N–H and O–H groups in total. The number of ketones is 1. The number of Topliss-reactive ketones (excluding diaryl/α,β-unsaturated/α-hetero) is 1. The first kappa shape index (κ1) is 33.3. The summed E-state index contributed by atoms with van der Waals surface area (Å²) >= 11 is 11.8. The molecular weight excluding hydrogens is 723 g/mol. The van der Waals surface area contributed by atoms with E-state index in [9.17, 15) is 29.1 Å². The number of nitrogens with one attached hydrogen (secondary N) is 6. The number of amides is 4. The molecule has 0 aliphatic heterocycles. The van der Waals surface area contributed by atoms with Crippen molar-refractivity contribution in [1.29, 1.82) is 0 Å². The fraction of sp³-hybridized carbons (Fsp3) is 0.0333. The molecule has 0 radical (unpaired) electrons. The summed E-state index contributed by atoms with van der Waals surface area (Å²) in [4.78, 5) is 71.7. The van der Waals surface area contributed by atoms with Gasteiger partial charge in [-0.25, -0.2) is 9.59 Å². The number of rotatable bonds is 8. The van der Waals surface area contributed by atoms with Crippen LogP contribution in [0.1, 0.15) is 27.7 Å². The summed E-state index contributed by atoms with van der Waals surface area (Å²) in [6.45, 7) is 0. The Bertz CT molecular complexity index is 2470. The molecule has 22 heteroatoms. The number of H-pyrrole nitrogens is 2. The smallest absolute Gasteiger partial charge is 0.326 e. The number of phenols is 1. The molecule has 52 heavy (non-hydrogen) atoms. The number of benzene rings is 3. The zero-order chi connectivity index (χ0) is 36.5. The number of nitrogens with zero attached hydrogens (tertiary/aromatic N) is 8. The molecule has 4 heterocycles. The molecule has 0 saturated heterocycles. The number of anilines is 4. The summed E-state index contributed by atoms with van der Waals surface area (Å²) in [5, 5.41) is 44.7. The van der Waals surface area contributed by atoms with Gasteiger partial charge >= 0.3 is 12.1 Å². The number of urea groups is 2. The van der Waals surface area contributed by atoms with Crippen LogP contribution in [0.15, 0.2) is 82.4 Å². The van der Waals surface area contributed by atoms with E-state index in [1.165, 1.54) is 24.3 Å². The predicted octanol–water partition coefficient (Wildman–Crippen LogP) is 3.25. The Hall–Kier alpha value is -7.19. The van der Waals surface area contributed by atoms with Crippen LogP contribution in [-0.4, -0.2) is 72.5 Å². The number of phenolic OH excluding ortho intramolecular Hbond substituents is 1. The quantitative estimate of drug-likeness (QED) is 0.111. The summed E-state index contributed by atoms with van der Waals surface area (Å²) in [7, 11) is 0. The van der Waals surface area contributed by atoms with Gasteiger partial charge in [0.2, 0.25) is 0 Å². The summed E-state index contributed by atoms with van der Waals surface area (Å²) in [5.41, 5.74) is -2.30. The molecule has 0 spiro atoms. The van der Waals surface area contributed by atoms with E-state index in [1.54, 1.807) is 48.5 Å². The lowest BCUT2D eigenvalue weighted by atomic mass is 9.92. The first-order valence-corrected chi connectivity index (χ1v) is 15.5. The number of fused-ring (bicyclic) bond motifs is 2. The first-order valence-electron chi connectivity index (χ1n) is 14.7. The van der Waals surface area contributed by atoms with Gasteiger partial charge in [-0.2, -0.15) is 19.2 Å². The molecule has 0 saturated carbocycles. The van der Waals surface area contributed by atoms with Gasteiger partial charge in [0.15, 0.2) is 5.78 Å². The largest absolute Gasteiger partial charge is 0.508 e. The average Bonchev–Trinajstić information content (AvgIpc) is 3.69. The minimum atomic E-state index is -1.83. The van der Waals surface area contributed by atoms with Gasteiger partial charge < -0.3 is 15.7 Å². The average molecular weight is 743 g/mol. The Morgan fingerprint density at radius 2 is 1.04 bits per heavy atom. The SMILES string of the molecule is O=C(Nc1ccc(Cl)cc1)Nc1nnc2[nH]c(=O)c(C(C(=O)c3ccc(O)cc3)c3nn4c(NC(=O)Nc5ccc(Cl)cc5)nnc4[nH]c3=O)nn12. The molecule has 0 bridgehead atoms. The molecule has 0 aliphatic rings. The van der Waals surface area contributed by atoms with Crippen molar-refractivity contribution in [3.8, 4) is 5.75 Å². The van der Waals surface area contributed by atoms with Crippen molar-refractivity contribution in [2.24, 2.45) is 0 Å². The van der Waals surface area contributed by atoms with Crippen LogP contribution in [-0.2, 0) is 0 Å². The Balaban J connectivity index is 1.29. The number of hydrogen-bond acceptors (Lipinski definition) is 12. The van der Waals surface area contributed by atoms with Gasteiger partial charge in [-0.15, -0.1) is 20.4 Å². The Kier molecular flexibility index (Phi) is 8.72. The minimum absolute atomic E-state index is 0.0423. The van der Waals surface area contributed by atoms with E-state index in [-0.39, 0.29) is 34.8 Å². The van der Waals surface area contributed by atoms with Crippen LogP contribution in [0.5, 0.6) is 5.75 Å². The van der Waals surface area contributed by atoms with Crippen LogP contribution in [0.2, 0.25) is 10.0 Å². The van der Waals surface area contributed by atoms with Crippen LogP contribution < -0.4 is 32.4 Å². The highest BCUT2D eigenvalue weighted by atomic mass is 35.5. The topological polar surface area (TPSA) is 271 Å². The maximum atomic E-state index is 14.2. The predicted molar refractivity (Wildman–Crippen MR) is 185 cm³/mol. The summed E-state index contributed by atoms with van der Waals surface area (Å²) in [6.07, 6.45) is 0. The van der Waals surface area contributed by atoms with E-state index in [4.69, 9.17) is 23.2 Å². The molecule has 0 unspecified atom stereocenters. The maximum absolute atomic E-state index is 14.2. The van der Waals surface area contributed by atoms with E-state index in [1.807, 2.05) is 0 Å². The highest BCUT2D eigenvalue weighted by molar-refractivity contribution is 6.31. The number of aromatic amines is 2. The third kappa shape index (κ3) is 6.81. The first-order chi connectivity index (χ1) is 25.0. The van der Waals surface area contributed by atoms with Crippen molar-refractivity contribution >= 4 is 75.9 Å². The fourth-order valence-electron chi connectivity index (χ4n) is 4.84. The monoisotopic (exact) mass is 742 g/mol. The van der Waals surface area contributed by atoms with Crippen molar-refractivity contribution in [3.63, 3.8) is 0 Å². The number of carbonyl (C=O) groups is 3. The van der Waals surface area contributed by atoms with Crippen molar-refractivity contribution in [2.45, 2.75) is 5.92 Å². The molecular formula is C30H20Cl2N14O6. The zero-order valence-corrected chi connectivity index (χ0v) is 27.3. The lowest BCUT2D eigenvalue weighted by molar-refractivity contribution is 0.0968. The minimum Gasteiger partial charge on any atom is -0.508 e. The van der Waals surface area contributed by atoms with Gasteiger partial charge in [-0.1, -0.05) is 23.2 Å². The van der Waals surface area contributed by atoms with Crippen LogP contribution in [0, 0.1) is 0 Å². The van der Waals surface area contributed by atoms with E-state index in [0.717, 1.165) is 9.03 Å². The number of aromatic nitrogens is 10. The normalized spacial score (nSPS) is 11.1. The molecule has 0 aliphatic carbocycles. The van der Waals surface area contributed by atoms with E-state index in [2.05, 4.69) is 61.8 Å².